The van der Waals surface area contributed by atoms with Gasteiger partial charge in [-0.15, -0.1) is 0 Å². The number of pyridine rings is 1. The molecule has 2 aliphatic heterocycles. The van der Waals surface area contributed by atoms with Crippen LogP contribution in [0.15, 0.2) is 53.7 Å². The van der Waals surface area contributed by atoms with E-state index in [1.54, 1.807) is 19.3 Å². The Morgan fingerprint density at radius 1 is 1.10 bits per heavy atom. The van der Waals surface area contributed by atoms with Crippen LogP contribution in [0.1, 0.15) is 12.8 Å². The molecule has 4 rings (SSSR count). The first-order valence-corrected chi connectivity index (χ1v) is 10.4. The third-order valence-electron chi connectivity index (χ3n) is 5.76. The highest BCUT2D eigenvalue weighted by Gasteiger charge is 2.27. The number of hydrogen-bond donors (Lipinski definition) is 2. The van der Waals surface area contributed by atoms with E-state index in [9.17, 15) is 4.39 Å². The second kappa shape index (κ2) is 9.11. The lowest BCUT2D eigenvalue weighted by atomic mass is 10.1. The van der Waals surface area contributed by atoms with Crippen molar-refractivity contribution in [3.8, 4) is 0 Å². The normalized spacial score (nSPS) is 22.2. The van der Waals surface area contributed by atoms with Gasteiger partial charge in [0, 0.05) is 57.7 Å². The molecule has 2 N–H and O–H groups in total. The van der Waals surface area contributed by atoms with Crippen LogP contribution in [0.3, 0.4) is 0 Å². The minimum atomic E-state index is -0.264. The van der Waals surface area contributed by atoms with Gasteiger partial charge in [0.15, 0.2) is 17.6 Å². The molecule has 0 bridgehead atoms. The maximum absolute atomic E-state index is 14.0. The molecule has 0 aliphatic carbocycles. The summed E-state index contributed by atoms with van der Waals surface area (Å²) in [7, 11) is 1.80. The monoisotopic (exact) mass is 396 g/mol. The molecule has 0 amide bonds. The summed E-state index contributed by atoms with van der Waals surface area (Å²) in [5.41, 5.74) is 1.30. The van der Waals surface area contributed by atoms with Crippen molar-refractivity contribution in [1.82, 2.24) is 15.6 Å². The number of aromatic nitrogens is 1. The summed E-state index contributed by atoms with van der Waals surface area (Å²) in [5, 5.41) is 6.97. The predicted molar refractivity (Wildman–Crippen MR) is 116 cm³/mol. The van der Waals surface area contributed by atoms with Crippen LogP contribution in [-0.2, 0) is 0 Å². The molecule has 2 aliphatic rings. The van der Waals surface area contributed by atoms with Crippen LogP contribution in [0.25, 0.3) is 0 Å². The van der Waals surface area contributed by atoms with Gasteiger partial charge in [0.2, 0.25) is 0 Å². The van der Waals surface area contributed by atoms with Gasteiger partial charge in [-0.3, -0.25) is 4.99 Å². The van der Waals surface area contributed by atoms with Gasteiger partial charge in [-0.25, -0.2) is 9.37 Å². The molecule has 2 saturated heterocycles. The van der Waals surface area contributed by atoms with Crippen LogP contribution < -0.4 is 20.4 Å². The molecule has 0 radical (unpaired) electrons. The topological polar surface area (TPSA) is 55.8 Å². The van der Waals surface area contributed by atoms with Crippen molar-refractivity contribution in [1.29, 1.82) is 0 Å². The second-order valence-electron chi connectivity index (χ2n) is 7.77. The average molecular weight is 397 g/mol. The number of anilines is 2. The van der Waals surface area contributed by atoms with Crippen molar-refractivity contribution in [3.05, 3.63) is 54.5 Å². The number of halogens is 1. The number of guanidine groups is 1. The number of para-hydroxylation sites is 1. The van der Waals surface area contributed by atoms with Crippen molar-refractivity contribution in [2.75, 3.05) is 49.6 Å². The Kier molecular flexibility index (Phi) is 6.12. The minimum Gasteiger partial charge on any atom is -0.371 e. The fourth-order valence-corrected chi connectivity index (χ4v) is 4.18. The van der Waals surface area contributed by atoms with Crippen LogP contribution in [0, 0.1) is 11.7 Å². The van der Waals surface area contributed by atoms with Crippen LogP contribution >= 0.6 is 0 Å². The molecule has 2 aromatic rings. The molecule has 2 unspecified atom stereocenters. The summed E-state index contributed by atoms with van der Waals surface area (Å²) in [5.74, 6) is 1.58. The maximum atomic E-state index is 14.0. The summed E-state index contributed by atoms with van der Waals surface area (Å²) in [4.78, 5) is 13.0. The van der Waals surface area contributed by atoms with Crippen LogP contribution in [0.2, 0.25) is 0 Å². The molecular weight excluding hydrogens is 367 g/mol. The minimum absolute atomic E-state index is 0.229. The van der Waals surface area contributed by atoms with E-state index in [4.69, 9.17) is 0 Å². The van der Waals surface area contributed by atoms with Gasteiger partial charge in [0.25, 0.3) is 0 Å². The number of rotatable bonds is 5. The van der Waals surface area contributed by atoms with Crippen molar-refractivity contribution in [2.24, 2.45) is 10.9 Å². The number of nitrogens with one attached hydrogen (secondary N) is 2. The van der Waals surface area contributed by atoms with E-state index < -0.39 is 0 Å². The Morgan fingerprint density at radius 3 is 2.72 bits per heavy atom. The zero-order valence-electron chi connectivity index (χ0n) is 16.9. The van der Waals surface area contributed by atoms with Gasteiger partial charge < -0.3 is 20.4 Å². The van der Waals surface area contributed by atoms with Crippen LogP contribution in [0.5, 0.6) is 0 Å². The summed E-state index contributed by atoms with van der Waals surface area (Å²) in [6.07, 6.45) is 3.75. The molecule has 3 heterocycles. The fourth-order valence-electron chi connectivity index (χ4n) is 4.18. The highest BCUT2D eigenvalue weighted by Crippen LogP contribution is 2.23. The van der Waals surface area contributed by atoms with Crippen molar-refractivity contribution >= 4 is 17.5 Å². The Bertz CT molecular complexity index is 827. The Morgan fingerprint density at radius 2 is 1.93 bits per heavy atom. The molecule has 1 aromatic heterocycles. The predicted octanol–water partition coefficient (Wildman–Crippen LogP) is 2.49. The Balaban J connectivity index is 1.24. The summed E-state index contributed by atoms with van der Waals surface area (Å²) in [6, 6.07) is 13.9. The number of hydrogen-bond acceptors (Lipinski definition) is 4. The van der Waals surface area contributed by atoms with Gasteiger partial charge in [0.1, 0.15) is 0 Å². The van der Waals surface area contributed by atoms with E-state index in [1.807, 2.05) is 4.90 Å². The lowest BCUT2D eigenvalue weighted by Gasteiger charge is -2.21. The molecule has 0 spiro atoms. The zero-order chi connectivity index (χ0) is 20.1. The quantitative estimate of drug-likeness (QED) is 0.601. The standard InChI is InChI=1S/C22H29FN6/c1-24-22(26-14-17-9-12-28(15-17)19-6-3-2-4-7-19)27-18-10-13-29(16-18)21-20(23)8-5-11-25-21/h2-8,11,17-18H,9-10,12-16H2,1H3,(H2,24,26,27). The van der Waals surface area contributed by atoms with Crippen molar-refractivity contribution < 1.29 is 4.39 Å². The van der Waals surface area contributed by atoms with E-state index in [2.05, 4.69) is 55.8 Å². The maximum Gasteiger partial charge on any atom is 0.191 e. The Hall–Kier alpha value is -2.83. The first-order valence-electron chi connectivity index (χ1n) is 10.4. The number of aliphatic imine (C=N–C) groups is 1. The van der Waals surface area contributed by atoms with Gasteiger partial charge in [-0.05, 0) is 43.0 Å². The summed E-state index contributed by atoms with van der Waals surface area (Å²) >= 11 is 0. The summed E-state index contributed by atoms with van der Waals surface area (Å²) in [6.45, 7) is 4.56. The van der Waals surface area contributed by atoms with Gasteiger partial charge >= 0.3 is 0 Å². The number of nitrogens with zero attached hydrogens (tertiary/aromatic N) is 4. The van der Waals surface area contributed by atoms with Crippen molar-refractivity contribution in [3.63, 3.8) is 0 Å². The van der Waals surface area contributed by atoms with E-state index in [0.29, 0.717) is 11.7 Å². The van der Waals surface area contributed by atoms with E-state index in [-0.39, 0.29) is 11.9 Å². The second-order valence-corrected chi connectivity index (χ2v) is 7.77. The summed E-state index contributed by atoms with van der Waals surface area (Å²) < 4.78 is 14.0. The molecule has 2 fully saturated rings. The van der Waals surface area contributed by atoms with Gasteiger partial charge in [-0.1, -0.05) is 18.2 Å². The fraction of sp³-hybridized carbons (Fsp3) is 0.455. The van der Waals surface area contributed by atoms with Gasteiger partial charge in [-0.2, -0.15) is 0 Å². The molecule has 6 nitrogen and oxygen atoms in total. The first kappa shape index (κ1) is 19.5. The molecular formula is C22H29FN6. The molecule has 29 heavy (non-hydrogen) atoms. The molecule has 7 heteroatoms. The van der Waals surface area contributed by atoms with Crippen molar-refractivity contribution in [2.45, 2.75) is 18.9 Å². The van der Waals surface area contributed by atoms with E-state index in [0.717, 1.165) is 45.1 Å². The van der Waals surface area contributed by atoms with Crippen LogP contribution in [-0.4, -0.2) is 56.8 Å². The van der Waals surface area contributed by atoms with Crippen LogP contribution in [0.4, 0.5) is 15.9 Å². The Labute approximate surface area is 171 Å². The third kappa shape index (κ3) is 4.78. The van der Waals surface area contributed by atoms with E-state index >= 15 is 0 Å². The first-order chi connectivity index (χ1) is 14.2. The number of benzene rings is 1. The van der Waals surface area contributed by atoms with E-state index in [1.165, 1.54) is 18.2 Å². The molecule has 1 aromatic carbocycles. The lowest BCUT2D eigenvalue weighted by molar-refractivity contribution is 0.557. The highest BCUT2D eigenvalue weighted by molar-refractivity contribution is 5.80. The molecule has 0 saturated carbocycles. The smallest absolute Gasteiger partial charge is 0.191 e. The average Bonchev–Trinajstić information content (AvgIpc) is 3.42. The molecule has 154 valence electrons. The zero-order valence-corrected chi connectivity index (χ0v) is 16.9. The highest BCUT2D eigenvalue weighted by atomic mass is 19.1. The lowest BCUT2D eigenvalue weighted by Crippen LogP contribution is -2.46. The van der Waals surface area contributed by atoms with Gasteiger partial charge in [0.05, 0.1) is 0 Å². The largest absolute Gasteiger partial charge is 0.371 e. The molecule has 2 atom stereocenters. The SMILES string of the molecule is CN=C(NCC1CCN(c2ccccc2)C1)NC1CCN(c2ncccc2F)C1. The third-order valence-corrected chi connectivity index (χ3v) is 5.76.